The number of nitrogens with zero attached hydrogens (tertiary/aromatic N) is 2. The first-order valence-electron chi connectivity index (χ1n) is 19.7. The highest BCUT2D eigenvalue weighted by Crippen LogP contribution is 2.38. The molecule has 2 nitrogen and oxygen atoms in total. The van der Waals surface area contributed by atoms with E-state index in [1.807, 2.05) is 0 Å². The van der Waals surface area contributed by atoms with Crippen molar-refractivity contribution >= 4 is 34.1 Å². The van der Waals surface area contributed by atoms with Gasteiger partial charge in [-0.3, -0.25) is 0 Å². The van der Waals surface area contributed by atoms with Gasteiger partial charge in [-0.1, -0.05) is 135 Å². The Morgan fingerprint density at radius 3 is 0.778 bits per heavy atom. The van der Waals surface area contributed by atoms with Crippen LogP contribution in [0.5, 0.6) is 0 Å². The molecule has 0 atom stereocenters. The van der Waals surface area contributed by atoms with Crippen molar-refractivity contribution in [2.45, 2.75) is 66.2 Å². The van der Waals surface area contributed by atoms with Gasteiger partial charge in [0.2, 0.25) is 0 Å². The molecule has 0 bridgehead atoms. The molecule has 7 aromatic carbocycles. The van der Waals surface area contributed by atoms with Gasteiger partial charge in [-0.05, 0) is 146 Å². The summed E-state index contributed by atoms with van der Waals surface area (Å²) < 4.78 is 0. The molecule has 0 N–H and O–H groups in total. The number of rotatable bonds is 14. The van der Waals surface area contributed by atoms with Gasteiger partial charge in [-0.2, -0.15) is 0 Å². The van der Waals surface area contributed by atoms with Crippen LogP contribution < -0.4 is 9.80 Å². The Hall–Kier alpha value is -5.86. The fraction of sp³-hybridized carbons (Fsp3) is 0.192. The van der Waals surface area contributed by atoms with E-state index in [0.717, 1.165) is 35.6 Å². The first kappa shape index (κ1) is 36.5. The maximum atomic E-state index is 2.38. The normalized spacial score (nSPS) is 11.0. The highest BCUT2D eigenvalue weighted by atomic mass is 15.1. The summed E-state index contributed by atoms with van der Waals surface area (Å²) in [6.07, 6.45) is 7.12. The molecule has 0 saturated carbocycles. The van der Waals surface area contributed by atoms with Gasteiger partial charge >= 0.3 is 0 Å². The Morgan fingerprint density at radius 2 is 0.519 bits per heavy atom. The Labute approximate surface area is 323 Å². The Morgan fingerprint density at radius 1 is 0.296 bits per heavy atom. The molecule has 7 rings (SSSR count). The topological polar surface area (TPSA) is 6.48 Å². The van der Waals surface area contributed by atoms with Crippen molar-refractivity contribution in [2.24, 2.45) is 0 Å². The molecule has 0 aromatic heterocycles. The van der Waals surface area contributed by atoms with E-state index in [0.29, 0.717) is 0 Å². The van der Waals surface area contributed by atoms with E-state index in [1.54, 1.807) is 0 Å². The lowest BCUT2D eigenvalue weighted by molar-refractivity contribution is 0.795. The van der Waals surface area contributed by atoms with Crippen LogP contribution >= 0.6 is 0 Å². The molecule has 0 spiro atoms. The van der Waals surface area contributed by atoms with E-state index in [9.17, 15) is 0 Å². The highest BCUT2D eigenvalue weighted by molar-refractivity contribution is 5.81. The van der Waals surface area contributed by atoms with Crippen LogP contribution in [-0.4, -0.2) is 0 Å². The highest BCUT2D eigenvalue weighted by Gasteiger charge is 2.15. The Bertz CT molecular complexity index is 2100. The fourth-order valence-electron chi connectivity index (χ4n) is 7.13. The second-order valence-corrected chi connectivity index (χ2v) is 14.6. The Balaban J connectivity index is 1.11. The predicted molar refractivity (Wildman–Crippen MR) is 233 cm³/mol. The molecule has 0 aliphatic carbocycles. The molecule has 0 heterocycles. The van der Waals surface area contributed by atoms with Crippen LogP contribution in [0, 0.1) is 13.8 Å². The summed E-state index contributed by atoms with van der Waals surface area (Å²) in [5, 5.41) is 0. The molecule has 54 heavy (non-hydrogen) atoms. The summed E-state index contributed by atoms with van der Waals surface area (Å²) in [5.41, 5.74) is 17.1. The monoisotopic (exact) mass is 704 g/mol. The third-order valence-electron chi connectivity index (χ3n) is 10.4. The van der Waals surface area contributed by atoms with Crippen LogP contribution in [0.3, 0.4) is 0 Å². The van der Waals surface area contributed by atoms with E-state index >= 15 is 0 Å². The SMILES string of the molecule is CCCCc1ccc(N(c2ccc(CCCC)cc2)c2ccc(-c3ccc(-c4ccc(N(c5ccc(C)cc5)c5ccc(C)cc5)cc4)cc3)cc2)cc1. The van der Waals surface area contributed by atoms with Gasteiger partial charge in [-0.25, -0.2) is 0 Å². The average Bonchev–Trinajstić information content (AvgIpc) is 3.22. The molecule has 0 amide bonds. The lowest BCUT2D eigenvalue weighted by Crippen LogP contribution is -2.10. The zero-order chi connectivity index (χ0) is 37.3. The lowest BCUT2D eigenvalue weighted by Gasteiger charge is -2.26. The van der Waals surface area contributed by atoms with Crippen LogP contribution in [0.4, 0.5) is 34.1 Å². The molecule has 0 radical (unpaired) electrons. The van der Waals surface area contributed by atoms with Crippen molar-refractivity contribution in [2.75, 3.05) is 9.80 Å². The fourth-order valence-corrected chi connectivity index (χ4v) is 7.13. The largest absolute Gasteiger partial charge is 0.311 e. The number of hydrogen-bond acceptors (Lipinski definition) is 2. The second kappa shape index (κ2) is 17.3. The third-order valence-corrected chi connectivity index (χ3v) is 10.4. The minimum absolute atomic E-state index is 1.13. The van der Waals surface area contributed by atoms with Gasteiger partial charge in [0.25, 0.3) is 0 Å². The maximum Gasteiger partial charge on any atom is 0.0462 e. The standard InChI is InChI=1S/C52H52N2/c1-5-7-9-41-15-31-49(32-16-41)54(50-33-17-42(18-34-50)10-8-6-2)52-37-25-46(26-38-52)44-21-19-43(20-22-44)45-23-35-51(36-24-45)53(47-27-11-39(3)12-28-47)48-29-13-40(4)14-30-48/h11-38H,5-10H2,1-4H3. The second-order valence-electron chi connectivity index (χ2n) is 14.6. The van der Waals surface area contributed by atoms with E-state index in [1.165, 1.54) is 81.6 Å². The lowest BCUT2D eigenvalue weighted by atomic mass is 9.99. The molecule has 0 saturated heterocycles. The van der Waals surface area contributed by atoms with E-state index in [2.05, 4.69) is 207 Å². The van der Waals surface area contributed by atoms with Crippen molar-refractivity contribution in [3.8, 4) is 22.3 Å². The molecule has 2 heteroatoms. The predicted octanol–water partition coefficient (Wildman–Crippen LogP) is 15.3. The summed E-state index contributed by atoms with van der Waals surface area (Å²) in [6.45, 7) is 8.77. The van der Waals surface area contributed by atoms with Crippen LogP contribution in [0.15, 0.2) is 170 Å². The number of aryl methyl sites for hydroxylation is 4. The quantitative estimate of drug-likeness (QED) is 0.111. The van der Waals surface area contributed by atoms with Crippen molar-refractivity contribution in [1.29, 1.82) is 0 Å². The van der Waals surface area contributed by atoms with Gasteiger partial charge < -0.3 is 9.80 Å². The number of benzene rings is 7. The molecule has 7 aromatic rings. The third kappa shape index (κ3) is 8.67. The van der Waals surface area contributed by atoms with E-state index in [-0.39, 0.29) is 0 Å². The summed E-state index contributed by atoms with van der Waals surface area (Å²) in [6, 6.07) is 62.7. The van der Waals surface area contributed by atoms with Gasteiger partial charge in [-0.15, -0.1) is 0 Å². The van der Waals surface area contributed by atoms with Crippen molar-refractivity contribution in [1.82, 2.24) is 0 Å². The van der Waals surface area contributed by atoms with Gasteiger partial charge in [0.15, 0.2) is 0 Å². The summed E-state index contributed by atoms with van der Waals surface area (Å²) in [4.78, 5) is 4.70. The van der Waals surface area contributed by atoms with Gasteiger partial charge in [0.05, 0.1) is 0 Å². The van der Waals surface area contributed by atoms with Gasteiger partial charge in [0.1, 0.15) is 0 Å². The van der Waals surface area contributed by atoms with E-state index in [4.69, 9.17) is 0 Å². The summed E-state index contributed by atoms with van der Waals surface area (Å²) in [5.74, 6) is 0. The molecular weight excluding hydrogens is 653 g/mol. The summed E-state index contributed by atoms with van der Waals surface area (Å²) >= 11 is 0. The number of hydrogen-bond donors (Lipinski definition) is 0. The maximum absolute atomic E-state index is 2.38. The minimum Gasteiger partial charge on any atom is -0.311 e. The smallest absolute Gasteiger partial charge is 0.0462 e. The first-order chi connectivity index (χ1) is 26.5. The van der Waals surface area contributed by atoms with Crippen LogP contribution in [0.25, 0.3) is 22.3 Å². The summed E-state index contributed by atoms with van der Waals surface area (Å²) in [7, 11) is 0. The molecule has 0 fully saturated rings. The van der Waals surface area contributed by atoms with Crippen LogP contribution in [0.1, 0.15) is 61.8 Å². The molecule has 0 aliphatic rings. The van der Waals surface area contributed by atoms with Crippen molar-refractivity contribution < 1.29 is 0 Å². The van der Waals surface area contributed by atoms with Crippen molar-refractivity contribution in [3.05, 3.63) is 192 Å². The van der Waals surface area contributed by atoms with Crippen LogP contribution in [-0.2, 0) is 12.8 Å². The molecule has 0 aliphatic heterocycles. The average molecular weight is 705 g/mol. The van der Waals surface area contributed by atoms with E-state index < -0.39 is 0 Å². The number of anilines is 6. The van der Waals surface area contributed by atoms with Crippen LogP contribution in [0.2, 0.25) is 0 Å². The van der Waals surface area contributed by atoms with Crippen molar-refractivity contribution in [3.63, 3.8) is 0 Å². The number of unbranched alkanes of at least 4 members (excludes halogenated alkanes) is 2. The zero-order valence-electron chi connectivity index (χ0n) is 32.3. The molecule has 270 valence electrons. The van der Waals surface area contributed by atoms with Gasteiger partial charge in [0, 0.05) is 34.1 Å². The molecule has 0 unspecified atom stereocenters. The zero-order valence-corrected chi connectivity index (χ0v) is 32.3. The molecular formula is C52H52N2. The first-order valence-corrected chi connectivity index (χ1v) is 19.7. The Kier molecular flexibility index (Phi) is 11.7. The minimum atomic E-state index is 1.13.